The quantitative estimate of drug-likeness (QED) is 0.797. The zero-order chi connectivity index (χ0) is 10.5. The number of hydrogen-bond acceptors (Lipinski definition) is 2. The fourth-order valence-electron chi connectivity index (χ4n) is 2.11. The van der Waals surface area contributed by atoms with Crippen LogP contribution in [0.2, 0.25) is 0 Å². The summed E-state index contributed by atoms with van der Waals surface area (Å²) in [5.41, 5.74) is 6.85. The number of aromatic nitrogens is 1. The third kappa shape index (κ3) is 3.08. The molecule has 1 unspecified atom stereocenters. The van der Waals surface area contributed by atoms with Crippen LogP contribution in [0.25, 0.3) is 0 Å². The van der Waals surface area contributed by atoms with Gasteiger partial charge in [0.25, 0.3) is 0 Å². The van der Waals surface area contributed by atoms with E-state index in [1.54, 1.807) is 0 Å². The Kier molecular flexibility index (Phi) is 3.80. The van der Waals surface area contributed by atoms with Crippen LogP contribution < -0.4 is 5.73 Å². The Bertz CT molecular complexity index is 290. The van der Waals surface area contributed by atoms with E-state index in [9.17, 15) is 0 Å². The smallest absolute Gasteiger partial charge is 0.0593 e. The van der Waals surface area contributed by atoms with E-state index in [0.717, 1.165) is 32.5 Å². The van der Waals surface area contributed by atoms with Crippen LogP contribution in [0.1, 0.15) is 24.8 Å². The number of rotatable bonds is 5. The van der Waals surface area contributed by atoms with Gasteiger partial charge in [0.15, 0.2) is 0 Å². The number of hydrogen-bond donors (Lipinski definition) is 1. The molecule has 1 aliphatic heterocycles. The average Bonchev–Trinajstić information content (AvgIpc) is 2.85. The van der Waals surface area contributed by atoms with Crippen molar-refractivity contribution in [1.29, 1.82) is 0 Å². The maximum Gasteiger partial charge on any atom is 0.0593 e. The highest BCUT2D eigenvalue weighted by Gasteiger charge is 2.14. The van der Waals surface area contributed by atoms with E-state index in [1.807, 2.05) is 0 Å². The van der Waals surface area contributed by atoms with Gasteiger partial charge in [0.05, 0.1) is 6.10 Å². The first-order valence-electron chi connectivity index (χ1n) is 5.85. The lowest BCUT2D eigenvalue weighted by atomic mass is 10.2. The summed E-state index contributed by atoms with van der Waals surface area (Å²) in [6, 6.07) is 2.16. The van der Waals surface area contributed by atoms with E-state index in [-0.39, 0.29) is 0 Å². The number of nitrogens with two attached hydrogens (primary N) is 1. The van der Waals surface area contributed by atoms with Gasteiger partial charge in [0, 0.05) is 25.5 Å². The van der Waals surface area contributed by atoms with E-state index in [2.05, 4.69) is 23.0 Å². The summed E-state index contributed by atoms with van der Waals surface area (Å²) in [6.07, 6.45) is 9.40. The molecule has 84 valence electrons. The summed E-state index contributed by atoms with van der Waals surface area (Å²) in [4.78, 5) is 0. The van der Waals surface area contributed by atoms with Crippen molar-refractivity contribution in [2.24, 2.45) is 5.73 Å². The highest BCUT2D eigenvalue weighted by molar-refractivity contribution is 5.10. The Balaban J connectivity index is 1.77. The lowest BCUT2D eigenvalue weighted by molar-refractivity contribution is 0.100. The highest BCUT2D eigenvalue weighted by atomic mass is 16.5. The van der Waals surface area contributed by atoms with Gasteiger partial charge in [-0.2, -0.15) is 0 Å². The van der Waals surface area contributed by atoms with Gasteiger partial charge >= 0.3 is 0 Å². The van der Waals surface area contributed by atoms with E-state index in [1.165, 1.54) is 18.4 Å². The molecule has 2 rings (SSSR count). The molecule has 0 amide bonds. The fourth-order valence-corrected chi connectivity index (χ4v) is 2.11. The van der Waals surface area contributed by atoms with Crippen LogP contribution in [-0.2, 0) is 17.7 Å². The largest absolute Gasteiger partial charge is 0.378 e. The van der Waals surface area contributed by atoms with Gasteiger partial charge < -0.3 is 15.0 Å². The lowest BCUT2D eigenvalue weighted by Crippen LogP contribution is -2.09. The van der Waals surface area contributed by atoms with Crippen molar-refractivity contribution in [2.75, 3.05) is 13.2 Å². The molecule has 0 aromatic carbocycles. The summed E-state index contributed by atoms with van der Waals surface area (Å²) in [5.74, 6) is 0. The molecule has 1 aromatic heterocycles. The van der Waals surface area contributed by atoms with Crippen molar-refractivity contribution >= 4 is 0 Å². The molecule has 0 saturated carbocycles. The van der Waals surface area contributed by atoms with Gasteiger partial charge in [0.2, 0.25) is 0 Å². The van der Waals surface area contributed by atoms with Gasteiger partial charge in [-0.3, -0.25) is 0 Å². The van der Waals surface area contributed by atoms with Crippen LogP contribution in [0.5, 0.6) is 0 Å². The molecule has 3 nitrogen and oxygen atoms in total. The molecule has 0 bridgehead atoms. The third-order valence-electron chi connectivity index (χ3n) is 2.98. The second-order valence-electron chi connectivity index (χ2n) is 4.22. The summed E-state index contributed by atoms with van der Waals surface area (Å²) < 4.78 is 7.84. The Morgan fingerprint density at radius 2 is 2.47 bits per heavy atom. The van der Waals surface area contributed by atoms with Crippen LogP contribution in [0.4, 0.5) is 0 Å². The molecule has 1 aliphatic rings. The normalized spacial score (nSPS) is 21.0. The van der Waals surface area contributed by atoms with Gasteiger partial charge in [-0.05, 0) is 43.9 Å². The molecule has 1 saturated heterocycles. The minimum Gasteiger partial charge on any atom is -0.378 e. The predicted octanol–water partition coefficient (Wildman–Crippen LogP) is 1.56. The van der Waals surface area contributed by atoms with E-state index < -0.39 is 0 Å². The molecule has 1 aromatic rings. The first kappa shape index (κ1) is 10.7. The standard InChI is InChI=1S/C12H20N2O/c13-6-3-11-4-7-14(10-11)8-5-12-2-1-9-15-12/h4,7,10,12H,1-3,5-6,8-9,13H2. The molecule has 0 radical (unpaired) electrons. The monoisotopic (exact) mass is 208 g/mol. The van der Waals surface area contributed by atoms with Gasteiger partial charge in [-0.1, -0.05) is 0 Å². The Labute approximate surface area is 91.2 Å². The summed E-state index contributed by atoms with van der Waals surface area (Å²) in [6.45, 7) is 2.75. The van der Waals surface area contributed by atoms with Gasteiger partial charge in [-0.25, -0.2) is 0 Å². The topological polar surface area (TPSA) is 40.2 Å². The lowest BCUT2D eigenvalue weighted by Gasteiger charge is -2.09. The molecule has 1 fully saturated rings. The summed E-state index contributed by atoms with van der Waals surface area (Å²) in [7, 11) is 0. The second-order valence-corrected chi connectivity index (χ2v) is 4.22. The molecule has 0 aliphatic carbocycles. The Morgan fingerprint density at radius 3 is 3.20 bits per heavy atom. The molecule has 2 N–H and O–H groups in total. The SMILES string of the molecule is NCCc1ccn(CCC2CCCO2)c1. The van der Waals surface area contributed by atoms with Gasteiger partial charge in [0.1, 0.15) is 0 Å². The summed E-state index contributed by atoms with van der Waals surface area (Å²) >= 11 is 0. The van der Waals surface area contributed by atoms with Crippen LogP contribution >= 0.6 is 0 Å². The van der Waals surface area contributed by atoms with Crippen molar-refractivity contribution < 1.29 is 4.74 Å². The zero-order valence-electron chi connectivity index (χ0n) is 9.19. The van der Waals surface area contributed by atoms with E-state index >= 15 is 0 Å². The van der Waals surface area contributed by atoms with Crippen LogP contribution in [-0.4, -0.2) is 23.8 Å². The minimum absolute atomic E-state index is 0.491. The molecule has 1 atom stereocenters. The first-order valence-corrected chi connectivity index (χ1v) is 5.85. The molecular weight excluding hydrogens is 188 g/mol. The van der Waals surface area contributed by atoms with Crippen LogP contribution in [0.3, 0.4) is 0 Å². The van der Waals surface area contributed by atoms with E-state index in [4.69, 9.17) is 10.5 Å². The number of ether oxygens (including phenoxy) is 1. The van der Waals surface area contributed by atoms with Crippen molar-refractivity contribution in [3.05, 3.63) is 24.0 Å². The second kappa shape index (κ2) is 5.33. The molecule has 3 heteroatoms. The third-order valence-corrected chi connectivity index (χ3v) is 2.98. The van der Waals surface area contributed by atoms with Crippen molar-refractivity contribution in [1.82, 2.24) is 4.57 Å². The number of nitrogens with zero attached hydrogens (tertiary/aromatic N) is 1. The highest BCUT2D eigenvalue weighted by Crippen LogP contribution is 2.16. The number of aryl methyl sites for hydroxylation is 1. The van der Waals surface area contributed by atoms with Crippen molar-refractivity contribution in [3.8, 4) is 0 Å². The minimum atomic E-state index is 0.491. The van der Waals surface area contributed by atoms with E-state index in [0.29, 0.717) is 6.10 Å². The molecule has 0 spiro atoms. The van der Waals surface area contributed by atoms with Crippen LogP contribution in [0, 0.1) is 0 Å². The Morgan fingerprint density at radius 1 is 1.53 bits per heavy atom. The maximum atomic E-state index is 5.60. The average molecular weight is 208 g/mol. The van der Waals surface area contributed by atoms with Crippen molar-refractivity contribution in [2.45, 2.75) is 38.3 Å². The van der Waals surface area contributed by atoms with Crippen molar-refractivity contribution in [3.63, 3.8) is 0 Å². The summed E-state index contributed by atoms with van der Waals surface area (Å²) in [5, 5.41) is 0. The van der Waals surface area contributed by atoms with Crippen LogP contribution in [0.15, 0.2) is 18.5 Å². The predicted molar refractivity (Wildman–Crippen MR) is 60.8 cm³/mol. The molecule has 15 heavy (non-hydrogen) atoms. The molecule has 2 heterocycles. The Hall–Kier alpha value is -0.800. The maximum absolute atomic E-state index is 5.60. The zero-order valence-corrected chi connectivity index (χ0v) is 9.19. The first-order chi connectivity index (χ1) is 7.38. The van der Waals surface area contributed by atoms with Gasteiger partial charge in [-0.15, -0.1) is 0 Å². The molecular formula is C12H20N2O. The fraction of sp³-hybridized carbons (Fsp3) is 0.667.